The van der Waals surface area contributed by atoms with E-state index in [1.54, 1.807) is 24.3 Å². The molecular formula is C22H24N2O2S. The Bertz CT molecular complexity index is 1060. The minimum Gasteiger partial charge on any atom is -0.491 e. The minimum absolute atomic E-state index is 0.0968. The summed E-state index contributed by atoms with van der Waals surface area (Å²) in [6.07, 6.45) is 1.92. The molecule has 5 heteroatoms. The first-order valence-corrected chi connectivity index (χ1v) is 9.78. The Morgan fingerprint density at radius 1 is 1.22 bits per heavy atom. The second-order valence-corrected chi connectivity index (χ2v) is 7.81. The highest BCUT2D eigenvalue weighted by atomic mass is 32.1. The van der Waals surface area contributed by atoms with E-state index in [4.69, 9.17) is 4.74 Å². The molecule has 2 aromatic carbocycles. The van der Waals surface area contributed by atoms with Crippen LogP contribution in [0, 0.1) is 13.8 Å². The van der Waals surface area contributed by atoms with Crippen LogP contribution in [0.5, 0.6) is 5.75 Å². The zero-order chi connectivity index (χ0) is 19.6. The van der Waals surface area contributed by atoms with Gasteiger partial charge in [-0.1, -0.05) is 17.4 Å². The Balaban J connectivity index is 2.02. The topological polar surface area (TPSA) is 43.6 Å². The summed E-state index contributed by atoms with van der Waals surface area (Å²) in [7, 11) is 0. The number of benzene rings is 2. The SMILES string of the molecule is C=CCn1c(=NC(=O)c2ccc(OC(C)C)cc2)sc2cc(C)c(C)cc21. The van der Waals surface area contributed by atoms with E-state index in [-0.39, 0.29) is 12.0 Å². The van der Waals surface area contributed by atoms with Crippen LogP contribution in [-0.4, -0.2) is 16.6 Å². The maximum absolute atomic E-state index is 12.7. The molecule has 140 valence electrons. The molecule has 0 aliphatic rings. The van der Waals surface area contributed by atoms with Gasteiger partial charge in [0.15, 0.2) is 4.80 Å². The predicted molar refractivity (Wildman–Crippen MR) is 112 cm³/mol. The van der Waals surface area contributed by atoms with Crippen molar-refractivity contribution >= 4 is 27.5 Å². The molecule has 0 aliphatic carbocycles. The van der Waals surface area contributed by atoms with Gasteiger partial charge in [-0.25, -0.2) is 0 Å². The van der Waals surface area contributed by atoms with Gasteiger partial charge in [0.2, 0.25) is 0 Å². The molecule has 0 radical (unpaired) electrons. The molecule has 0 bridgehead atoms. The summed E-state index contributed by atoms with van der Waals surface area (Å²) < 4.78 is 8.78. The number of carbonyl (C=O) groups is 1. The number of carbonyl (C=O) groups excluding carboxylic acids is 1. The highest BCUT2D eigenvalue weighted by Crippen LogP contribution is 2.22. The van der Waals surface area contributed by atoms with Crippen molar-refractivity contribution in [1.29, 1.82) is 0 Å². The van der Waals surface area contributed by atoms with Gasteiger partial charge in [0.05, 0.1) is 16.3 Å². The number of amides is 1. The normalized spacial score (nSPS) is 12.0. The van der Waals surface area contributed by atoms with E-state index in [9.17, 15) is 4.79 Å². The number of hydrogen-bond donors (Lipinski definition) is 0. The lowest BCUT2D eigenvalue weighted by Crippen LogP contribution is -2.16. The molecule has 0 spiro atoms. The summed E-state index contributed by atoms with van der Waals surface area (Å²) in [5.41, 5.74) is 4.07. The molecule has 0 saturated carbocycles. The van der Waals surface area contributed by atoms with Crippen molar-refractivity contribution in [1.82, 2.24) is 4.57 Å². The molecule has 1 amide bonds. The van der Waals surface area contributed by atoms with Gasteiger partial charge in [0.25, 0.3) is 5.91 Å². The van der Waals surface area contributed by atoms with Gasteiger partial charge < -0.3 is 9.30 Å². The molecule has 0 N–H and O–H groups in total. The molecule has 0 saturated heterocycles. The standard InChI is InChI=1S/C22H24N2O2S/c1-6-11-24-19-12-15(4)16(5)13-20(19)27-22(24)23-21(25)17-7-9-18(10-8-17)26-14(2)3/h6-10,12-14H,1,11H2,2-5H3. The Morgan fingerprint density at radius 3 is 2.52 bits per heavy atom. The summed E-state index contributed by atoms with van der Waals surface area (Å²) in [4.78, 5) is 17.7. The zero-order valence-electron chi connectivity index (χ0n) is 16.2. The largest absolute Gasteiger partial charge is 0.491 e. The van der Waals surface area contributed by atoms with Gasteiger partial charge in [-0.3, -0.25) is 4.79 Å². The molecule has 0 unspecified atom stereocenters. The van der Waals surface area contributed by atoms with E-state index in [2.05, 4.69) is 37.6 Å². The number of nitrogens with zero attached hydrogens (tertiary/aromatic N) is 2. The average Bonchev–Trinajstić information content (AvgIpc) is 2.92. The predicted octanol–water partition coefficient (Wildman–Crippen LogP) is 5.03. The number of rotatable bonds is 5. The van der Waals surface area contributed by atoms with Gasteiger partial charge in [-0.2, -0.15) is 4.99 Å². The highest BCUT2D eigenvalue weighted by Gasteiger charge is 2.10. The zero-order valence-corrected chi connectivity index (χ0v) is 17.0. The molecule has 1 aromatic heterocycles. The van der Waals surface area contributed by atoms with Gasteiger partial charge in [0.1, 0.15) is 5.75 Å². The number of allylic oxidation sites excluding steroid dienone is 1. The average molecular weight is 381 g/mol. The summed E-state index contributed by atoms with van der Waals surface area (Å²) in [6.45, 7) is 12.6. The van der Waals surface area contributed by atoms with Crippen LogP contribution in [0.2, 0.25) is 0 Å². The van der Waals surface area contributed by atoms with Crippen LogP contribution in [0.15, 0.2) is 54.0 Å². The fraction of sp³-hybridized carbons (Fsp3) is 0.273. The number of ether oxygens (including phenoxy) is 1. The van der Waals surface area contributed by atoms with Crippen molar-refractivity contribution in [2.24, 2.45) is 4.99 Å². The van der Waals surface area contributed by atoms with Crippen molar-refractivity contribution in [3.63, 3.8) is 0 Å². The Morgan fingerprint density at radius 2 is 1.89 bits per heavy atom. The first-order valence-electron chi connectivity index (χ1n) is 8.96. The van der Waals surface area contributed by atoms with Crippen LogP contribution >= 0.6 is 11.3 Å². The quantitative estimate of drug-likeness (QED) is 0.583. The van der Waals surface area contributed by atoms with Gasteiger partial charge in [0, 0.05) is 12.1 Å². The van der Waals surface area contributed by atoms with Crippen molar-refractivity contribution in [3.05, 3.63) is 70.5 Å². The number of thiazole rings is 1. The number of aryl methyl sites for hydroxylation is 2. The van der Waals surface area contributed by atoms with Crippen LogP contribution in [0.25, 0.3) is 10.2 Å². The molecule has 0 atom stereocenters. The number of aromatic nitrogens is 1. The van der Waals surface area contributed by atoms with Crippen molar-refractivity contribution < 1.29 is 9.53 Å². The van der Waals surface area contributed by atoms with Gasteiger partial charge in [-0.05, 0) is 75.2 Å². The molecule has 27 heavy (non-hydrogen) atoms. The molecular weight excluding hydrogens is 356 g/mol. The molecule has 3 aromatic rings. The summed E-state index contributed by atoms with van der Waals surface area (Å²) in [5, 5.41) is 0. The van der Waals surface area contributed by atoms with Crippen LogP contribution in [0.4, 0.5) is 0 Å². The fourth-order valence-electron chi connectivity index (χ4n) is 2.81. The Labute approximate surface area is 163 Å². The van der Waals surface area contributed by atoms with Crippen LogP contribution in [0.3, 0.4) is 0 Å². The second-order valence-electron chi connectivity index (χ2n) is 6.80. The molecule has 1 heterocycles. The first-order chi connectivity index (χ1) is 12.9. The fourth-order valence-corrected chi connectivity index (χ4v) is 3.93. The molecule has 4 nitrogen and oxygen atoms in total. The second kappa shape index (κ2) is 7.92. The number of fused-ring (bicyclic) bond motifs is 1. The lowest BCUT2D eigenvalue weighted by molar-refractivity contribution is 0.0998. The summed E-state index contributed by atoms with van der Waals surface area (Å²) >= 11 is 1.52. The van der Waals surface area contributed by atoms with Crippen LogP contribution in [-0.2, 0) is 6.54 Å². The summed E-state index contributed by atoms with van der Waals surface area (Å²) in [5.74, 6) is 0.486. The third-order valence-electron chi connectivity index (χ3n) is 4.28. The number of hydrogen-bond acceptors (Lipinski definition) is 3. The molecule has 3 rings (SSSR count). The van der Waals surface area contributed by atoms with Crippen molar-refractivity contribution in [2.45, 2.75) is 40.3 Å². The molecule has 0 aliphatic heterocycles. The Hall–Kier alpha value is -2.66. The Kier molecular flexibility index (Phi) is 5.61. The van der Waals surface area contributed by atoms with Crippen molar-refractivity contribution in [2.75, 3.05) is 0 Å². The highest BCUT2D eigenvalue weighted by molar-refractivity contribution is 7.16. The lowest BCUT2D eigenvalue weighted by atomic mass is 10.1. The van der Waals surface area contributed by atoms with E-state index in [1.165, 1.54) is 22.5 Å². The van der Waals surface area contributed by atoms with E-state index < -0.39 is 0 Å². The van der Waals surface area contributed by atoms with Crippen molar-refractivity contribution in [3.8, 4) is 5.75 Å². The van der Waals surface area contributed by atoms with E-state index in [1.807, 2.05) is 24.5 Å². The van der Waals surface area contributed by atoms with Gasteiger partial charge in [-0.15, -0.1) is 6.58 Å². The third-order valence-corrected chi connectivity index (χ3v) is 5.32. The van der Waals surface area contributed by atoms with Gasteiger partial charge >= 0.3 is 0 Å². The van der Waals surface area contributed by atoms with Crippen LogP contribution < -0.4 is 9.54 Å². The van der Waals surface area contributed by atoms with Crippen LogP contribution in [0.1, 0.15) is 35.3 Å². The third kappa shape index (κ3) is 4.19. The van der Waals surface area contributed by atoms with E-state index >= 15 is 0 Å². The monoisotopic (exact) mass is 380 g/mol. The minimum atomic E-state index is -0.260. The molecule has 0 fully saturated rings. The maximum atomic E-state index is 12.7. The van der Waals surface area contributed by atoms with E-state index in [0.29, 0.717) is 16.9 Å². The summed E-state index contributed by atoms with van der Waals surface area (Å²) in [6, 6.07) is 11.4. The smallest absolute Gasteiger partial charge is 0.279 e. The first kappa shape index (κ1) is 19.1. The maximum Gasteiger partial charge on any atom is 0.279 e. The lowest BCUT2D eigenvalue weighted by Gasteiger charge is -2.09. The van der Waals surface area contributed by atoms with E-state index in [0.717, 1.165) is 16.0 Å².